The number of phenolic OH excluding ortho intramolecular Hbond substituents is 1. The van der Waals surface area contributed by atoms with Gasteiger partial charge >= 0.3 is 0 Å². The predicted molar refractivity (Wildman–Crippen MR) is 97.5 cm³/mol. The molecule has 9 heteroatoms. The van der Waals surface area contributed by atoms with Crippen molar-refractivity contribution < 1.29 is 18.3 Å². The van der Waals surface area contributed by atoms with Gasteiger partial charge < -0.3 is 10.4 Å². The van der Waals surface area contributed by atoms with Gasteiger partial charge in [0.1, 0.15) is 11.6 Å². The maximum Gasteiger partial charge on any atom is 0.226 e. The van der Waals surface area contributed by atoms with Gasteiger partial charge in [0.15, 0.2) is 9.84 Å². The van der Waals surface area contributed by atoms with E-state index in [0.29, 0.717) is 12.2 Å². The number of phenols is 1. The largest absolute Gasteiger partial charge is 0.506 e. The molecule has 1 aromatic carbocycles. The molecule has 4 rings (SSSR count). The van der Waals surface area contributed by atoms with Gasteiger partial charge in [0.2, 0.25) is 5.91 Å². The minimum Gasteiger partial charge on any atom is -0.506 e. The van der Waals surface area contributed by atoms with Crippen LogP contribution in [0.5, 0.6) is 5.75 Å². The highest BCUT2D eigenvalue weighted by Gasteiger charge is 2.37. The number of carbonyl (C=O) groups excluding carboxylic acids is 1. The maximum absolute atomic E-state index is 12.3. The van der Waals surface area contributed by atoms with Crippen LogP contribution in [0.3, 0.4) is 0 Å². The number of rotatable bonds is 2. The van der Waals surface area contributed by atoms with Crippen LogP contribution >= 0.6 is 11.6 Å². The van der Waals surface area contributed by atoms with Crippen LogP contribution in [-0.2, 0) is 14.6 Å². The second-order valence-electron chi connectivity index (χ2n) is 6.86. The summed E-state index contributed by atoms with van der Waals surface area (Å²) in [6, 6.07) is 4.63. The number of aryl methyl sites for hydroxylation is 1. The average molecular weight is 396 g/mol. The number of nitrogens with zero attached hydrogens (tertiary/aromatic N) is 2. The highest BCUT2D eigenvalue weighted by molar-refractivity contribution is 7.91. The Morgan fingerprint density at radius 1 is 1.38 bits per heavy atom. The van der Waals surface area contributed by atoms with E-state index in [9.17, 15) is 18.3 Å². The second-order valence-corrected chi connectivity index (χ2v) is 9.50. The van der Waals surface area contributed by atoms with E-state index in [1.54, 1.807) is 16.8 Å². The molecule has 138 valence electrons. The summed E-state index contributed by atoms with van der Waals surface area (Å²) in [6.07, 6.45) is 0.727. The molecule has 7 nitrogen and oxygen atoms in total. The lowest BCUT2D eigenvalue weighted by molar-refractivity contribution is -0.116. The molecule has 1 aromatic heterocycles. The van der Waals surface area contributed by atoms with E-state index in [0.717, 1.165) is 16.8 Å². The third kappa shape index (κ3) is 2.87. The fourth-order valence-electron chi connectivity index (χ4n) is 3.83. The Hall–Kier alpha value is -2.06. The number of carbonyl (C=O) groups is 1. The van der Waals surface area contributed by atoms with Gasteiger partial charge in [0, 0.05) is 17.9 Å². The van der Waals surface area contributed by atoms with E-state index in [1.165, 1.54) is 6.07 Å². The van der Waals surface area contributed by atoms with Crippen LogP contribution in [0.25, 0.3) is 0 Å². The van der Waals surface area contributed by atoms with Crippen LogP contribution in [0, 0.1) is 6.92 Å². The zero-order valence-electron chi connectivity index (χ0n) is 14.1. The number of halogens is 1. The van der Waals surface area contributed by atoms with Gasteiger partial charge in [-0.1, -0.05) is 17.7 Å². The lowest BCUT2D eigenvalue weighted by Gasteiger charge is -2.25. The normalized spacial score (nSPS) is 24.3. The number of nitrogens with one attached hydrogen (secondary N) is 1. The van der Waals surface area contributed by atoms with Crippen LogP contribution in [0.15, 0.2) is 18.2 Å². The number of hydrogen-bond donors (Lipinski definition) is 2. The van der Waals surface area contributed by atoms with Crippen LogP contribution in [0.4, 0.5) is 5.82 Å². The SMILES string of the molecule is Cc1nn([C@@H]2CCS(=O)(=O)C2)c2c1[C@H](c1ccc(O)c(Cl)c1)CC(=O)N2. The smallest absolute Gasteiger partial charge is 0.226 e. The first-order valence-electron chi connectivity index (χ1n) is 8.33. The van der Waals surface area contributed by atoms with Crippen molar-refractivity contribution in [3.63, 3.8) is 0 Å². The summed E-state index contributed by atoms with van der Waals surface area (Å²) in [4.78, 5) is 12.3. The van der Waals surface area contributed by atoms with Crippen molar-refractivity contribution in [3.05, 3.63) is 40.0 Å². The highest BCUT2D eigenvalue weighted by Crippen LogP contribution is 2.42. The third-order valence-electron chi connectivity index (χ3n) is 5.06. The van der Waals surface area contributed by atoms with Crippen molar-refractivity contribution in [2.45, 2.75) is 31.7 Å². The number of aromatic hydroxyl groups is 1. The lowest BCUT2D eigenvalue weighted by Crippen LogP contribution is -2.26. The molecule has 2 aliphatic rings. The van der Waals surface area contributed by atoms with Crippen LogP contribution < -0.4 is 5.32 Å². The third-order valence-corrected chi connectivity index (χ3v) is 7.11. The van der Waals surface area contributed by atoms with Gasteiger partial charge in [0.25, 0.3) is 0 Å². The summed E-state index contributed by atoms with van der Waals surface area (Å²) < 4.78 is 25.3. The molecule has 1 saturated heterocycles. The van der Waals surface area contributed by atoms with Gasteiger partial charge in [-0.3, -0.25) is 4.79 Å². The summed E-state index contributed by atoms with van der Waals surface area (Å²) in [5, 5.41) is 17.3. The number of aromatic nitrogens is 2. The molecular formula is C17H18ClN3O4S. The van der Waals surface area contributed by atoms with Crippen LogP contribution in [-0.4, -0.2) is 40.7 Å². The molecule has 3 heterocycles. The van der Waals surface area contributed by atoms with E-state index < -0.39 is 9.84 Å². The molecule has 2 aliphatic heterocycles. The molecule has 0 bridgehead atoms. The number of anilines is 1. The zero-order chi connectivity index (χ0) is 18.6. The Kier molecular flexibility index (Phi) is 4.00. The van der Waals surface area contributed by atoms with E-state index in [4.69, 9.17) is 11.6 Å². The van der Waals surface area contributed by atoms with Crippen LogP contribution in [0.1, 0.15) is 41.6 Å². The van der Waals surface area contributed by atoms with Gasteiger partial charge in [-0.05, 0) is 31.0 Å². The number of sulfone groups is 1. The molecular weight excluding hydrogens is 378 g/mol. The molecule has 26 heavy (non-hydrogen) atoms. The second kappa shape index (κ2) is 5.99. The first-order valence-corrected chi connectivity index (χ1v) is 10.5. The minimum atomic E-state index is -3.07. The minimum absolute atomic E-state index is 0.0144. The summed E-state index contributed by atoms with van der Waals surface area (Å²) in [5.74, 6) is 0.314. The molecule has 0 radical (unpaired) electrons. The maximum atomic E-state index is 12.3. The quantitative estimate of drug-likeness (QED) is 0.812. The first-order chi connectivity index (χ1) is 12.2. The Morgan fingerprint density at radius 3 is 2.81 bits per heavy atom. The van der Waals surface area contributed by atoms with Crippen molar-refractivity contribution in [1.29, 1.82) is 0 Å². The number of hydrogen-bond acceptors (Lipinski definition) is 5. The molecule has 1 fully saturated rings. The molecule has 2 aromatic rings. The Morgan fingerprint density at radius 2 is 2.15 bits per heavy atom. The van der Waals surface area contributed by atoms with Crippen LogP contribution in [0.2, 0.25) is 5.02 Å². The molecule has 2 N–H and O–H groups in total. The Labute approximate surface area is 155 Å². The van der Waals surface area contributed by atoms with Crippen molar-refractivity contribution in [3.8, 4) is 5.75 Å². The Balaban J connectivity index is 1.81. The number of amides is 1. The van der Waals surface area contributed by atoms with Crippen molar-refractivity contribution in [2.75, 3.05) is 16.8 Å². The molecule has 2 atom stereocenters. The first kappa shape index (κ1) is 17.4. The van der Waals surface area contributed by atoms with E-state index in [-0.39, 0.29) is 46.6 Å². The van der Waals surface area contributed by atoms with Gasteiger partial charge in [-0.2, -0.15) is 5.10 Å². The van der Waals surface area contributed by atoms with E-state index in [1.807, 2.05) is 6.92 Å². The van der Waals surface area contributed by atoms with Crippen molar-refractivity contribution >= 4 is 33.2 Å². The molecule has 1 amide bonds. The monoisotopic (exact) mass is 395 g/mol. The van der Waals surface area contributed by atoms with Crippen molar-refractivity contribution in [2.24, 2.45) is 0 Å². The number of fused-ring (bicyclic) bond motifs is 1. The zero-order valence-corrected chi connectivity index (χ0v) is 15.6. The summed E-state index contributed by atoms with van der Waals surface area (Å²) in [7, 11) is -3.07. The lowest BCUT2D eigenvalue weighted by atomic mass is 9.86. The highest BCUT2D eigenvalue weighted by atomic mass is 35.5. The average Bonchev–Trinajstić information content (AvgIpc) is 3.09. The molecule has 0 saturated carbocycles. The predicted octanol–water partition coefficient (Wildman–Crippen LogP) is 2.38. The summed E-state index contributed by atoms with van der Waals surface area (Å²) in [6.45, 7) is 1.85. The molecule has 0 spiro atoms. The Bertz CT molecular complexity index is 1020. The van der Waals surface area contributed by atoms with E-state index >= 15 is 0 Å². The van der Waals surface area contributed by atoms with Gasteiger partial charge in [-0.15, -0.1) is 0 Å². The van der Waals surface area contributed by atoms with Gasteiger partial charge in [-0.25, -0.2) is 13.1 Å². The standard InChI is InChI=1S/C17H18ClN3O4S/c1-9-16-12(10-2-3-14(22)13(18)6-10)7-15(23)19-17(16)21(20-9)11-4-5-26(24,25)8-11/h2-3,6,11-12,22H,4-5,7-8H2,1H3,(H,19,23)/t11-,12+/m1/s1. The fourth-order valence-corrected chi connectivity index (χ4v) is 5.71. The van der Waals surface area contributed by atoms with E-state index in [2.05, 4.69) is 10.4 Å². The molecule has 0 aliphatic carbocycles. The summed E-state index contributed by atoms with van der Waals surface area (Å²) in [5.41, 5.74) is 2.43. The molecule has 0 unspecified atom stereocenters. The summed E-state index contributed by atoms with van der Waals surface area (Å²) >= 11 is 6.04. The van der Waals surface area contributed by atoms with Gasteiger partial charge in [0.05, 0.1) is 28.3 Å². The fraction of sp³-hybridized carbons (Fsp3) is 0.412. The van der Waals surface area contributed by atoms with Crippen molar-refractivity contribution in [1.82, 2.24) is 9.78 Å². The topological polar surface area (TPSA) is 101 Å². The number of benzene rings is 1.